The standard InChI is InChI=1S/C11H12BrN3/c12-10-3-1-2-4-11(10)15-9(5-7-13)6-8-14-15/h1-4,6,8H,5,7,13H2. The third-order valence-electron chi connectivity index (χ3n) is 2.20. The van der Waals surface area contributed by atoms with Crippen molar-refractivity contribution in [2.45, 2.75) is 6.42 Å². The quantitative estimate of drug-likeness (QED) is 0.924. The largest absolute Gasteiger partial charge is 0.330 e. The van der Waals surface area contributed by atoms with Crippen molar-refractivity contribution in [3.8, 4) is 5.69 Å². The Labute approximate surface area is 97.0 Å². The summed E-state index contributed by atoms with van der Waals surface area (Å²) in [5.74, 6) is 0. The van der Waals surface area contributed by atoms with Crippen molar-refractivity contribution in [3.05, 3.63) is 46.7 Å². The second-order valence-electron chi connectivity index (χ2n) is 3.22. The van der Waals surface area contributed by atoms with Crippen LogP contribution in [-0.4, -0.2) is 16.3 Å². The van der Waals surface area contributed by atoms with Gasteiger partial charge in [-0.15, -0.1) is 0 Å². The summed E-state index contributed by atoms with van der Waals surface area (Å²) in [4.78, 5) is 0. The highest BCUT2D eigenvalue weighted by atomic mass is 79.9. The van der Waals surface area contributed by atoms with E-state index in [1.54, 1.807) is 6.20 Å². The second kappa shape index (κ2) is 4.59. The van der Waals surface area contributed by atoms with Crippen LogP contribution in [0.5, 0.6) is 0 Å². The number of hydrogen-bond acceptors (Lipinski definition) is 2. The van der Waals surface area contributed by atoms with Crippen LogP contribution in [0.25, 0.3) is 5.69 Å². The highest BCUT2D eigenvalue weighted by molar-refractivity contribution is 9.10. The fourth-order valence-electron chi connectivity index (χ4n) is 1.51. The van der Waals surface area contributed by atoms with Crippen molar-refractivity contribution in [2.75, 3.05) is 6.54 Å². The molecule has 15 heavy (non-hydrogen) atoms. The Hall–Kier alpha value is -1.13. The van der Waals surface area contributed by atoms with E-state index in [2.05, 4.69) is 21.0 Å². The minimum Gasteiger partial charge on any atom is -0.330 e. The molecule has 0 radical (unpaired) electrons. The van der Waals surface area contributed by atoms with E-state index in [1.807, 2.05) is 35.0 Å². The van der Waals surface area contributed by atoms with Crippen LogP contribution >= 0.6 is 15.9 Å². The maximum absolute atomic E-state index is 5.55. The molecule has 0 bridgehead atoms. The maximum atomic E-state index is 5.55. The summed E-state index contributed by atoms with van der Waals surface area (Å²) in [7, 11) is 0. The number of benzene rings is 1. The van der Waals surface area contributed by atoms with Crippen LogP contribution in [-0.2, 0) is 6.42 Å². The van der Waals surface area contributed by atoms with Gasteiger partial charge in [0.1, 0.15) is 0 Å². The number of para-hydroxylation sites is 1. The molecule has 0 aliphatic carbocycles. The highest BCUT2D eigenvalue weighted by Crippen LogP contribution is 2.21. The Morgan fingerprint density at radius 1 is 1.27 bits per heavy atom. The zero-order valence-electron chi connectivity index (χ0n) is 8.23. The van der Waals surface area contributed by atoms with Gasteiger partial charge in [-0.25, -0.2) is 4.68 Å². The SMILES string of the molecule is NCCc1ccnn1-c1ccccc1Br. The average molecular weight is 266 g/mol. The van der Waals surface area contributed by atoms with E-state index < -0.39 is 0 Å². The third kappa shape index (κ3) is 2.11. The number of nitrogens with zero attached hydrogens (tertiary/aromatic N) is 2. The number of hydrogen-bond donors (Lipinski definition) is 1. The lowest BCUT2D eigenvalue weighted by molar-refractivity contribution is 0.788. The Bertz CT molecular complexity index is 451. The minimum absolute atomic E-state index is 0.635. The van der Waals surface area contributed by atoms with Gasteiger partial charge in [-0.2, -0.15) is 5.10 Å². The van der Waals surface area contributed by atoms with Gasteiger partial charge in [0.25, 0.3) is 0 Å². The van der Waals surface area contributed by atoms with Crippen LogP contribution in [0.3, 0.4) is 0 Å². The van der Waals surface area contributed by atoms with E-state index >= 15 is 0 Å². The van der Waals surface area contributed by atoms with E-state index in [0.717, 1.165) is 22.3 Å². The molecule has 2 aromatic rings. The van der Waals surface area contributed by atoms with Gasteiger partial charge in [0.2, 0.25) is 0 Å². The monoisotopic (exact) mass is 265 g/mol. The van der Waals surface area contributed by atoms with Gasteiger partial charge >= 0.3 is 0 Å². The van der Waals surface area contributed by atoms with Gasteiger partial charge < -0.3 is 5.73 Å². The summed E-state index contributed by atoms with van der Waals surface area (Å²) in [5.41, 5.74) is 7.73. The molecule has 2 N–H and O–H groups in total. The Balaban J connectivity index is 2.45. The minimum atomic E-state index is 0.635. The smallest absolute Gasteiger partial charge is 0.0790 e. The van der Waals surface area contributed by atoms with Gasteiger partial charge in [-0.3, -0.25) is 0 Å². The molecule has 0 unspecified atom stereocenters. The lowest BCUT2D eigenvalue weighted by Crippen LogP contribution is -2.09. The summed E-state index contributed by atoms with van der Waals surface area (Å²) < 4.78 is 2.95. The zero-order chi connectivity index (χ0) is 10.7. The molecule has 4 heteroatoms. The molecule has 0 amide bonds. The molecule has 1 aromatic carbocycles. The average Bonchev–Trinajstić information content (AvgIpc) is 2.67. The van der Waals surface area contributed by atoms with E-state index in [9.17, 15) is 0 Å². The molecule has 3 nitrogen and oxygen atoms in total. The fourth-order valence-corrected chi connectivity index (χ4v) is 1.96. The van der Waals surface area contributed by atoms with Crippen LogP contribution in [0.2, 0.25) is 0 Å². The van der Waals surface area contributed by atoms with Gasteiger partial charge in [0.15, 0.2) is 0 Å². The first-order valence-electron chi connectivity index (χ1n) is 4.81. The first-order valence-corrected chi connectivity index (χ1v) is 5.60. The number of aromatic nitrogens is 2. The topological polar surface area (TPSA) is 43.8 Å². The first kappa shape index (κ1) is 10.4. The second-order valence-corrected chi connectivity index (χ2v) is 4.08. The summed E-state index contributed by atoms with van der Waals surface area (Å²) in [6, 6.07) is 10.0. The van der Waals surface area contributed by atoms with E-state index in [-0.39, 0.29) is 0 Å². The molecular formula is C11H12BrN3. The van der Waals surface area contributed by atoms with Gasteiger partial charge in [0, 0.05) is 22.8 Å². The highest BCUT2D eigenvalue weighted by Gasteiger charge is 2.06. The predicted octanol–water partition coefficient (Wildman–Crippen LogP) is 2.14. The van der Waals surface area contributed by atoms with Crippen LogP contribution in [0, 0.1) is 0 Å². The van der Waals surface area contributed by atoms with Crippen molar-refractivity contribution in [3.63, 3.8) is 0 Å². The molecule has 0 spiro atoms. The Kier molecular flexibility index (Phi) is 3.18. The van der Waals surface area contributed by atoms with Crippen LogP contribution in [0.15, 0.2) is 41.0 Å². The third-order valence-corrected chi connectivity index (χ3v) is 2.87. The molecule has 0 saturated heterocycles. The fraction of sp³-hybridized carbons (Fsp3) is 0.182. The van der Waals surface area contributed by atoms with Crippen molar-refractivity contribution in [2.24, 2.45) is 5.73 Å². The molecule has 0 fully saturated rings. The molecule has 0 aliphatic rings. The Morgan fingerprint density at radius 2 is 2.07 bits per heavy atom. The van der Waals surface area contributed by atoms with Gasteiger partial charge in [0.05, 0.1) is 5.69 Å². The molecular weight excluding hydrogens is 254 g/mol. The molecule has 0 saturated carbocycles. The lowest BCUT2D eigenvalue weighted by Gasteiger charge is -2.08. The summed E-state index contributed by atoms with van der Waals surface area (Å²) in [6.45, 7) is 0.635. The van der Waals surface area contributed by atoms with E-state index in [1.165, 1.54) is 0 Å². The van der Waals surface area contributed by atoms with Crippen LogP contribution < -0.4 is 5.73 Å². The lowest BCUT2D eigenvalue weighted by atomic mass is 10.3. The van der Waals surface area contributed by atoms with Crippen molar-refractivity contribution in [1.82, 2.24) is 9.78 Å². The van der Waals surface area contributed by atoms with Crippen LogP contribution in [0.4, 0.5) is 0 Å². The molecule has 0 atom stereocenters. The zero-order valence-corrected chi connectivity index (χ0v) is 9.81. The summed E-state index contributed by atoms with van der Waals surface area (Å²) in [6.07, 6.45) is 2.63. The Morgan fingerprint density at radius 3 is 2.80 bits per heavy atom. The molecule has 78 valence electrons. The number of rotatable bonds is 3. The predicted molar refractivity (Wildman–Crippen MR) is 64.0 cm³/mol. The molecule has 1 aromatic heterocycles. The van der Waals surface area contributed by atoms with E-state index in [0.29, 0.717) is 6.54 Å². The van der Waals surface area contributed by atoms with Crippen molar-refractivity contribution < 1.29 is 0 Å². The summed E-state index contributed by atoms with van der Waals surface area (Å²) >= 11 is 3.51. The number of halogens is 1. The van der Waals surface area contributed by atoms with Crippen molar-refractivity contribution >= 4 is 15.9 Å². The maximum Gasteiger partial charge on any atom is 0.0790 e. The number of nitrogens with two attached hydrogens (primary N) is 1. The normalized spacial score (nSPS) is 10.5. The first-order chi connectivity index (χ1) is 7.33. The molecule has 0 aliphatic heterocycles. The van der Waals surface area contributed by atoms with Crippen molar-refractivity contribution in [1.29, 1.82) is 0 Å². The molecule has 1 heterocycles. The summed E-state index contributed by atoms with van der Waals surface area (Å²) in [5, 5.41) is 4.30. The van der Waals surface area contributed by atoms with Gasteiger partial charge in [-0.05, 0) is 40.7 Å². The molecule has 2 rings (SSSR count). The van der Waals surface area contributed by atoms with Gasteiger partial charge in [-0.1, -0.05) is 12.1 Å². The van der Waals surface area contributed by atoms with E-state index in [4.69, 9.17) is 5.73 Å². The van der Waals surface area contributed by atoms with Crippen LogP contribution in [0.1, 0.15) is 5.69 Å².